The van der Waals surface area contributed by atoms with Crippen molar-refractivity contribution in [2.24, 2.45) is 0 Å². The van der Waals surface area contributed by atoms with Crippen molar-refractivity contribution in [3.05, 3.63) is 35.4 Å². The average Bonchev–Trinajstić information content (AvgIpc) is 2.85. The molecule has 1 heterocycles. The normalized spacial score (nSPS) is 20.9. The van der Waals surface area contributed by atoms with E-state index in [2.05, 4.69) is 0 Å². The predicted molar refractivity (Wildman–Crippen MR) is 59.1 cm³/mol. The molecule has 0 N–H and O–H groups in total. The zero-order valence-corrected chi connectivity index (χ0v) is 9.61. The molecular formula is C10H9Cl3O. The molecule has 2 rings (SSSR count). The Kier molecular flexibility index (Phi) is 2.94. The molecule has 1 aromatic rings. The fourth-order valence-electron chi connectivity index (χ4n) is 1.45. The van der Waals surface area contributed by atoms with Gasteiger partial charge in [-0.15, -0.1) is 0 Å². The molecule has 0 amide bonds. The third kappa shape index (κ3) is 2.77. The minimum absolute atomic E-state index is 0.207. The molecule has 76 valence electrons. The highest BCUT2D eigenvalue weighted by Gasteiger charge is 2.29. The summed E-state index contributed by atoms with van der Waals surface area (Å²) >= 11 is 17.3. The number of hydrogen-bond acceptors (Lipinski definition) is 1. The maximum atomic E-state index is 5.75. The van der Waals surface area contributed by atoms with E-state index in [0.717, 1.165) is 17.7 Å². The predicted octanol–water partition coefficient (Wildman–Crippen LogP) is 3.67. The summed E-state index contributed by atoms with van der Waals surface area (Å²) in [5.74, 6) is 0. The smallest absolute Gasteiger partial charge is 0.194 e. The number of benzene rings is 1. The van der Waals surface area contributed by atoms with Gasteiger partial charge in [-0.05, 0) is 11.1 Å². The SMILES string of the molecule is ClC(Cl)(Cl)Cc1ccccc1C1CO1. The van der Waals surface area contributed by atoms with Crippen molar-refractivity contribution in [1.82, 2.24) is 0 Å². The first-order valence-corrected chi connectivity index (χ1v) is 5.46. The van der Waals surface area contributed by atoms with Crippen molar-refractivity contribution in [2.75, 3.05) is 6.61 Å². The Morgan fingerprint density at radius 1 is 1.29 bits per heavy atom. The Morgan fingerprint density at radius 2 is 1.93 bits per heavy atom. The third-order valence-corrected chi connectivity index (χ3v) is 2.53. The van der Waals surface area contributed by atoms with Gasteiger partial charge in [0.1, 0.15) is 6.10 Å². The lowest BCUT2D eigenvalue weighted by Crippen LogP contribution is -2.08. The lowest BCUT2D eigenvalue weighted by molar-refractivity contribution is 0.414. The largest absolute Gasteiger partial charge is 0.368 e. The third-order valence-electron chi connectivity index (χ3n) is 2.13. The van der Waals surface area contributed by atoms with Crippen LogP contribution in [0.2, 0.25) is 0 Å². The molecule has 0 bridgehead atoms. The van der Waals surface area contributed by atoms with Crippen LogP contribution >= 0.6 is 34.8 Å². The topological polar surface area (TPSA) is 12.5 Å². The molecular weight excluding hydrogens is 242 g/mol. The summed E-state index contributed by atoms with van der Waals surface area (Å²) in [6.45, 7) is 0.775. The highest BCUT2D eigenvalue weighted by Crippen LogP contribution is 2.37. The van der Waals surface area contributed by atoms with Crippen LogP contribution in [0.25, 0.3) is 0 Å². The lowest BCUT2D eigenvalue weighted by Gasteiger charge is -2.13. The van der Waals surface area contributed by atoms with E-state index >= 15 is 0 Å². The van der Waals surface area contributed by atoms with E-state index in [1.54, 1.807) is 0 Å². The first kappa shape index (κ1) is 10.6. The molecule has 4 heteroatoms. The van der Waals surface area contributed by atoms with Gasteiger partial charge in [-0.25, -0.2) is 0 Å². The second kappa shape index (κ2) is 3.90. The zero-order valence-electron chi connectivity index (χ0n) is 7.34. The van der Waals surface area contributed by atoms with E-state index in [1.807, 2.05) is 24.3 Å². The lowest BCUT2D eigenvalue weighted by atomic mass is 10.0. The molecule has 1 aliphatic heterocycles. The molecule has 0 radical (unpaired) electrons. The van der Waals surface area contributed by atoms with Gasteiger partial charge in [0.25, 0.3) is 0 Å². The van der Waals surface area contributed by atoms with Crippen molar-refractivity contribution in [3.63, 3.8) is 0 Å². The Morgan fingerprint density at radius 3 is 2.50 bits per heavy atom. The fraction of sp³-hybridized carbons (Fsp3) is 0.400. The molecule has 1 aliphatic rings. The summed E-state index contributed by atoms with van der Waals surface area (Å²) in [5, 5.41) is 0. The minimum Gasteiger partial charge on any atom is -0.368 e. The molecule has 1 fully saturated rings. The number of alkyl halides is 3. The molecule has 1 aromatic carbocycles. The molecule has 1 nitrogen and oxygen atoms in total. The van der Waals surface area contributed by atoms with Crippen LogP contribution in [0.5, 0.6) is 0 Å². The summed E-state index contributed by atoms with van der Waals surface area (Å²) in [6.07, 6.45) is 0.631. The van der Waals surface area contributed by atoms with Crippen LogP contribution in [0.4, 0.5) is 0 Å². The number of hydrogen-bond donors (Lipinski definition) is 0. The highest BCUT2D eigenvalue weighted by molar-refractivity contribution is 6.67. The van der Waals surface area contributed by atoms with Gasteiger partial charge in [0.15, 0.2) is 3.79 Å². The van der Waals surface area contributed by atoms with Crippen molar-refractivity contribution in [3.8, 4) is 0 Å². The van der Waals surface area contributed by atoms with E-state index in [4.69, 9.17) is 39.5 Å². The van der Waals surface area contributed by atoms with Gasteiger partial charge in [-0.3, -0.25) is 0 Å². The maximum absolute atomic E-state index is 5.75. The molecule has 0 saturated carbocycles. The number of epoxide rings is 1. The van der Waals surface area contributed by atoms with Crippen LogP contribution in [-0.2, 0) is 11.2 Å². The summed E-state index contributed by atoms with van der Waals surface area (Å²) in [4.78, 5) is 0. The number of ether oxygens (including phenoxy) is 1. The first-order valence-electron chi connectivity index (χ1n) is 4.32. The minimum atomic E-state index is -1.23. The van der Waals surface area contributed by atoms with Gasteiger partial charge >= 0.3 is 0 Å². The standard InChI is InChI=1S/C10H9Cl3O/c11-10(12,13)5-7-3-1-2-4-8(7)9-6-14-9/h1-4,9H,5-6H2. The second-order valence-electron chi connectivity index (χ2n) is 3.31. The van der Waals surface area contributed by atoms with Crippen LogP contribution in [0.15, 0.2) is 24.3 Å². The Labute approximate surface area is 97.9 Å². The Hall–Kier alpha value is 0.0500. The van der Waals surface area contributed by atoms with Crippen LogP contribution in [0.3, 0.4) is 0 Å². The van der Waals surface area contributed by atoms with Crippen molar-refractivity contribution in [1.29, 1.82) is 0 Å². The van der Waals surface area contributed by atoms with Gasteiger partial charge in [0, 0.05) is 6.42 Å². The number of rotatable bonds is 2. The summed E-state index contributed by atoms with van der Waals surface area (Å²) in [5.41, 5.74) is 2.19. The van der Waals surface area contributed by atoms with Gasteiger partial charge in [-0.1, -0.05) is 59.1 Å². The van der Waals surface area contributed by atoms with Crippen molar-refractivity contribution < 1.29 is 4.74 Å². The zero-order chi connectivity index (χ0) is 10.2. The average molecular weight is 252 g/mol. The van der Waals surface area contributed by atoms with Gasteiger partial charge < -0.3 is 4.74 Å². The molecule has 1 atom stereocenters. The molecule has 0 spiro atoms. The molecule has 1 saturated heterocycles. The van der Waals surface area contributed by atoms with E-state index in [1.165, 1.54) is 0 Å². The molecule has 14 heavy (non-hydrogen) atoms. The fourth-order valence-corrected chi connectivity index (χ4v) is 1.88. The van der Waals surface area contributed by atoms with Crippen LogP contribution in [0, 0.1) is 0 Å². The molecule has 0 aromatic heterocycles. The molecule has 0 aliphatic carbocycles. The van der Waals surface area contributed by atoms with Gasteiger partial charge in [-0.2, -0.15) is 0 Å². The summed E-state index contributed by atoms with van der Waals surface area (Å²) < 4.78 is 3.99. The second-order valence-corrected chi connectivity index (χ2v) is 5.83. The van der Waals surface area contributed by atoms with Crippen molar-refractivity contribution >= 4 is 34.8 Å². The van der Waals surface area contributed by atoms with Crippen LogP contribution in [-0.4, -0.2) is 10.4 Å². The van der Waals surface area contributed by atoms with E-state index in [0.29, 0.717) is 6.42 Å². The van der Waals surface area contributed by atoms with Crippen LogP contribution in [0.1, 0.15) is 17.2 Å². The summed E-state index contributed by atoms with van der Waals surface area (Å²) in [7, 11) is 0. The van der Waals surface area contributed by atoms with Gasteiger partial charge in [0.05, 0.1) is 6.61 Å². The quantitative estimate of drug-likeness (QED) is 0.577. The van der Waals surface area contributed by atoms with Crippen molar-refractivity contribution in [2.45, 2.75) is 16.3 Å². The number of halogens is 3. The van der Waals surface area contributed by atoms with Crippen LogP contribution < -0.4 is 0 Å². The van der Waals surface area contributed by atoms with E-state index in [-0.39, 0.29) is 6.10 Å². The highest BCUT2D eigenvalue weighted by atomic mass is 35.6. The molecule has 1 unspecified atom stereocenters. The Bertz CT molecular complexity index is 328. The maximum Gasteiger partial charge on any atom is 0.194 e. The summed E-state index contributed by atoms with van der Waals surface area (Å²) in [6, 6.07) is 7.90. The van der Waals surface area contributed by atoms with E-state index in [9.17, 15) is 0 Å². The van der Waals surface area contributed by atoms with E-state index < -0.39 is 3.79 Å². The monoisotopic (exact) mass is 250 g/mol. The Balaban J connectivity index is 2.23. The van der Waals surface area contributed by atoms with Gasteiger partial charge in [0.2, 0.25) is 0 Å². The first-order chi connectivity index (χ1) is 6.56.